The minimum absolute atomic E-state index is 0.448. The first-order valence-corrected chi connectivity index (χ1v) is 6.07. The van der Waals surface area contributed by atoms with Crippen LogP contribution in [0.15, 0.2) is 28.7 Å². The summed E-state index contributed by atoms with van der Waals surface area (Å²) in [6.07, 6.45) is 0.929. The Hall–Kier alpha value is -1.13. The van der Waals surface area contributed by atoms with E-state index in [4.69, 9.17) is 5.73 Å². The Morgan fingerprint density at radius 2 is 2.00 bits per heavy atom. The molecular formula is C12H14BrN3. The molecule has 0 atom stereocenters. The fourth-order valence-corrected chi connectivity index (χ4v) is 1.93. The lowest BCUT2D eigenvalue weighted by atomic mass is 10.1. The Morgan fingerprint density at radius 1 is 1.31 bits per heavy atom. The Bertz CT molecular complexity index is 474. The van der Waals surface area contributed by atoms with E-state index >= 15 is 0 Å². The number of nitrogens with zero attached hydrogens (tertiary/aromatic N) is 1. The second kappa shape index (κ2) is 4.80. The summed E-state index contributed by atoms with van der Waals surface area (Å²) in [6.45, 7) is 2.56. The van der Waals surface area contributed by atoms with E-state index in [0.29, 0.717) is 6.54 Å². The van der Waals surface area contributed by atoms with Crippen molar-refractivity contribution in [3.05, 3.63) is 40.3 Å². The third-order valence-electron chi connectivity index (χ3n) is 2.49. The number of nitrogens with one attached hydrogen (secondary N) is 1. The normalized spacial score (nSPS) is 10.7. The number of H-pyrrole nitrogens is 1. The van der Waals surface area contributed by atoms with Gasteiger partial charge in [0.1, 0.15) is 5.82 Å². The topological polar surface area (TPSA) is 54.7 Å². The van der Waals surface area contributed by atoms with Gasteiger partial charge in [0, 0.05) is 15.7 Å². The number of hydrogen-bond acceptors (Lipinski definition) is 2. The maximum Gasteiger partial charge on any atom is 0.120 e. The molecule has 1 aromatic carbocycles. The summed E-state index contributed by atoms with van der Waals surface area (Å²) in [4.78, 5) is 7.75. The SMILES string of the molecule is CCc1[nH]c(CN)nc1-c1ccc(Br)cc1. The van der Waals surface area contributed by atoms with Crippen LogP contribution in [0.2, 0.25) is 0 Å². The van der Waals surface area contributed by atoms with Gasteiger partial charge in [-0.3, -0.25) is 0 Å². The zero-order chi connectivity index (χ0) is 11.5. The lowest BCUT2D eigenvalue weighted by Crippen LogP contribution is -1.98. The molecule has 0 unspecified atom stereocenters. The van der Waals surface area contributed by atoms with Crippen molar-refractivity contribution in [3.8, 4) is 11.3 Å². The molecule has 0 aliphatic carbocycles. The molecule has 84 valence electrons. The Balaban J connectivity index is 2.45. The molecule has 0 aliphatic heterocycles. The maximum atomic E-state index is 5.59. The molecule has 0 fully saturated rings. The summed E-state index contributed by atoms with van der Waals surface area (Å²) in [5, 5.41) is 0. The first kappa shape index (κ1) is 11.4. The highest BCUT2D eigenvalue weighted by molar-refractivity contribution is 9.10. The second-order valence-corrected chi connectivity index (χ2v) is 4.49. The monoisotopic (exact) mass is 279 g/mol. The molecule has 3 nitrogen and oxygen atoms in total. The molecule has 0 radical (unpaired) electrons. The minimum Gasteiger partial charge on any atom is -0.344 e. The van der Waals surface area contributed by atoms with Gasteiger partial charge < -0.3 is 10.7 Å². The minimum atomic E-state index is 0.448. The Morgan fingerprint density at radius 3 is 2.56 bits per heavy atom. The van der Waals surface area contributed by atoms with E-state index < -0.39 is 0 Å². The summed E-state index contributed by atoms with van der Waals surface area (Å²) in [7, 11) is 0. The van der Waals surface area contributed by atoms with Crippen LogP contribution in [0, 0.1) is 0 Å². The van der Waals surface area contributed by atoms with Gasteiger partial charge in [-0.05, 0) is 18.6 Å². The Labute approximate surface area is 103 Å². The number of benzene rings is 1. The van der Waals surface area contributed by atoms with Crippen LogP contribution >= 0.6 is 15.9 Å². The number of imidazole rings is 1. The fraction of sp³-hybridized carbons (Fsp3) is 0.250. The van der Waals surface area contributed by atoms with E-state index in [-0.39, 0.29) is 0 Å². The van der Waals surface area contributed by atoms with Gasteiger partial charge in [-0.1, -0.05) is 35.0 Å². The highest BCUT2D eigenvalue weighted by atomic mass is 79.9. The molecule has 0 saturated heterocycles. The quantitative estimate of drug-likeness (QED) is 0.908. The van der Waals surface area contributed by atoms with Gasteiger partial charge in [-0.25, -0.2) is 4.98 Å². The molecule has 3 N–H and O–H groups in total. The largest absolute Gasteiger partial charge is 0.344 e. The number of aromatic amines is 1. The van der Waals surface area contributed by atoms with Crippen molar-refractivity contribution in [3.63, 3.8) is 0 Å². The lowest BCUT2D eigenvalue weighted by Gasteiger charge is -2.00. The predicted octanol–water partition coefficient (Wildman–Crippen LogP) is 2.86. The van der Waals surface area contributed by atoms with Crippen molar-refractivity contribution >= 4 is 15.9 Å². The van der Waals surface area contributed by atoms with E-state index in [0.717, 1.165) is 33.7 Å². The van der Waals surface area contributed by atoms with Crippen LogP contribution in [-0.2, 0) is 13.0 Å². The van der Waals surface area contributed by atoms with Crippen molar-refractivity contribution in [2.45, 2.75) is 19.9 Å². The van der Waals surface area contributed by atoms with Gasteiger partial charge in [-0.15, -0.1) is 0 Å². The second-order valence-electron chi connectivity index (χ2n) is 3.58. The molecule has 0 spiro atoms. The van der Waals surface area contributed by atoms with Gasteiger partial charge in [0.15, 0.2) is 0 Å². The summed E-state index contributed by atoms with van der Waals surface area (Å²) in [5.41, 5.74) is 8.86. The number of halogens is 1. The van der Waals surface area contributed by atoms with Crippen molar-refractivity contribution in [2.24, 2.45) is 5.73 Å². The van der Waals surface area contributed by atoms with Crippen LogP contribution in [0.3, 0.4) is 0 Å². The van der Waals surface area contributed by atoms with Crippen molar-refractivity contribution in [1.82, 2.24) is 9.97 Å². The summed E-state index contributed by atoms with van der Waals surface area (Å²) in [6, 6.07) is 8.15. The summed E-state index contributed by atoms with van der Waals surface area (Å²) in [5.74, 6) is 0.842. The van der Waals surface area contributed by atoms with Gasteiger partial charge in [0.25, 0.3) is 0 Å². The molecule has 16 heavy (non-hydrogen) atoms. The molecule has 0 amide bonds. The fourth-order valence-electron chi connectivity index (χ4n) is 1.66. The van der Waals surface area contributed by atoms with E-state index in [1.165, 1.54) is 0 Å². The Kier molecular flexibility index (Phi) is 3.41. The van der Waals surface area contributed by atoms with Crippen LogP contribution in [0.25, 0.3) is 11.3 Å². The number of rotatable bonds is 3. The smallest absolute Gasteiger partial charge is 0.120 e. The highest BCUT2D eigenvalue weighted by Gasteiger charge is 2.09. The third kappa shape index (κ3) is 2.18. The predicted molar refractivity (Wildman–Crippen MR) is 69.0 cm³/mol. The maximum absolute atomic E-state index is 5.59. The standard InChI is InChI=1S/C12H14BrN3/c1-2-10-12(16-11(7-14)15-10)8-3-5-9(13)6-4-8/h3-6H,2,7,14H2,1H3,(H,15,16). The zero-order valence-electron chi connectivity index (χ0n) is 9.13. The molecule has 2 aromatic rings. The van der Waals surface area contributed by atoms with Crippen LogP contribution in [0.5, 0.6) is 0 Å². The molecule has 0 bridgehead atoms. The molecule has 1 aromatic heterocycles. The molecule has 2 rings (SSSR count). The number of hydrogen-bond donors (Lipinski definition) is 2. The van der Waals surface area contributed by atoms with E-state index in [1.807, 2.05) is 12.1 Å². The first-order chi connectivity index (χ1) is 7.74. The molecule has 0 saturated carbocycles. The van der Waals surface area contributed by atoms with Gasteiger partial charge in [-0.2, -0.15) is 0 Å². The average Bonchev–Trinajstić information content (AvgIpc) is 2.73. The van der Waals surface area contributed by atoms with Crippen molar-refractivity contribution < 1.29 is 0 Å². The van der Waals surface area contributed by atoms with Gasteiger partial charge in [0.05, 0.1) is 12.2 Å². The number of aromatic nitrogens is 2. The molecular weight excluding hydrogens is 266 g/mol. The number of nitrogens with two attached hydrogens (primary N) is 1. The van der Waals surface area contributed by atoms with Gasteiger partial charge >= 0.3 is 0 Å². The van der Waals surface area contributed by atoms with Crippen LogP contribution < -0.4 is 5.73 Å². The summed E-state index contributed by atoms with van der Waals surface area (Å²) < 4.78 is 1.07. The van der Waals surface area contributed by atoms with Crippen molar-refractivity contribution in [2.75, 3.05) is 0 Å². The van der Waals surface area contributed by atoms with Gasteiger partial charge in [0.2, 0.25) is 0 Å². The molecule has 4 heteroatoms. The first-order valence-electron chi connectivity index (χ1n) is 5.28. The highest BCUT2D eigenvalue weighted by Crippen LogP contribution is 2.23. The lowest BCUT2D eigenvalue weighted by molar-refractivity contribution is 0.932. The third-order valence-corrected chi connectivity index (χ3v) is 3.02. The van der Waals surface area contributed by atoms with Crippen molar-refractivity contribution in [1.29, 1.82) is 0 Å². The number of aryl methyl sites for hydroxylation is 1. The average molecular weight is 280 g/mol. The molecule has 1 heterocycles. The summed E-state index contributed by atoms with van der Waals surface area (Å²) >= 11 is 3.42. The van der Waals surface area contributed by atoms with Crippen LogP contribution in [0.4, 0.5) is 0 Å². The van der Waals surface area contributed by atoms with Crippen LogP contribution in [-0.4, -0.2) is 9.97 Å². The van der Waals surface area contributed by atoms with Crippen LogP contribution in [0.1, 0.15) is 18.4 Å². The van der Waals surface area contributed by atoms with E-state index in [2.05, 4.69) is 45.0 Å². The molecule has 0 aliphatic rings. The zero-order valence-corrected chi connectivity index (χ0v) is 10.7. The van der Waals surface area contributed by atoms with E-state index in [1.54, 1.807) is 0 Å². The van der Waals surface area contributed by atoms with E-state index in [9.17, 15) is 0 Å².